The molecule has 0 saturated carbocycles. The van der Waals surface area contributed by atoms with Gasteiger partial charge < -0.3 is 9.63 Å². The first-order valence-electron chi connectivity index (χ1n) is 4.39. The van der Waals surface area contributed by atoms with Crippen molar-refractivity contribution in [3.05, 3.63) is 35.9 Å². The molecule has 1 aromatic rings. The summed E-state index contributed by atoms with van der Waals surface area (Å²) < 4.78 is 14.4. The molecule has 0 aliphatic rings. The van der Waals surface area contributed by atoms with E-state index in [1.807, 2.05) is 0 Å². The number of phosphoric ester groups is 1. The Bertz CT molecular complexity index is 398. The maximum absolute atomic E-state index is 11.3. The SMILES string of the molecule is O=C(OP(=O)(O)O)C(CO)c1ccccc1. The Morgan fingerprint density at radius 3 is 2.31 bits per heavy atom. The van der Waals surface area contributed by atoms with Crippen molar-refractivity contribution in [3.8, 4) is 0 Å². The second kappa shape index (κ2) is 5.23. The predicted molar refractivity (Wildman–Crippen MR) is 54.4 cm³/mol. The predicted octanol–water partition coefficient (Wildman–Crippen LogP) is 0.398. The van der Waals surface area contributed by atoms with E-state index in [1.165, 1.54) is 0 Å². The van der Waals surface area contributed by atoms with Crippen LogP contribution >= 0.6 is 7.82 Å². The Labute approximate surface area is 91.7 Å². The molecule has 0 fully saturated rings. The summed E-state index contributed by atoms with van der Waals surface area (Å²) >= 11 is 0. The molecule has 7 heteroatoms. The first-order valence-corrected chi connectivity index (χ1v) is 5.92. The summed E-state index contributed by atoms with van der Waals surface area (Å²) in [5.74, 6) is -2.24. The van der Waals surface area contributed by atoms with Gasteiger partial charge in [0, 0.05) is 0 Å². The molecule has 0 spiro atoms. The third-order valence-corrected chi connectivity index (χ3v) is 2.30. The Hall–Kier alpha value is -1.20. The lowest BCUT2D eigenvalue weighted by atomic mass is 10.0. The topological polar surface area (TPSA) is 104 Å². The monoisotopic (exact) mass is 246 g/mol. The minimum Gasteiger partial charge on any atom is -0.395 e. The zero-order valence-electron chi connectivity index (χ0n) is 8.18. The van der Waals surface area contributed by atoms with Crippen LogP contribution in [0.4, 0.5) is 0 Å². The highest BCUT2D eigenvalue weighted by Crippen LogP contribution is 2.38. The summed E-state index contributed by atoms with van der Waals surface area (Å²) in [5, 5.41) is 8.99. The third kappa shape index (κ3) is 3.75. The van der Waals surface area contributed by atoms with E-state index in [0.29, 0.717) is 5.56 Å². The molecule has 1 rings (SSSR count). The number of aliphatic hydroxyl groups excluding tert-OH is 1. The van der Waals surface area contributed by atoms with Gasteiger partial charge in [-0.25, -0.2) is 4.57 Å². The van der Waals surface area contributed by atoms with Gasteiger partial charge in [-0.15, -0.1) is 0 Å². The third-order valence-electron chi connectivity index (χ3n) is 1.88. The highest BCUT2D eigenvalue weighted by molar-refractivity contribution is 7.46. The van der Waals surface area contributed by atoms with Crippen LogP contribution < -0.4 is 0 Å². The van der Waals surface area contributed by atoms with Crippen LogP contribution in [0.3, 0.4) is 0 Å². The van der Waals surface area contributed by atoms with Crippen LogP contribution in [0.2, 0.25) is 0 Å². The first-order chi connectivity index (χ1) is 7.44. The fourth-order valence-electron chi connectivity index (χ4n) is 1.18. The van der Waals surface area contributed by atoms with Crippen LogP contribution in [0.5, 0.6) is 0 Å². The molecule has 88 valence electrons. The first kappa shape index (κ1) is 12.9. The molecule has 1 aromatic carbocycles. The van der Waals surface area contributed by atoms with E-state index in [4.69, 9.17) is 14.9 Å². The lowest BCUT2D eigenvalue weighted by Crippen LogP contribution is -2.18. The van der Waals surface area contributed by atoms with E-state index in [1.54, 1.807) is 30.3 Å². The van der Waals surface area contributed by atoms with Crippen molar-refractivity contribution in [1.82, 2.24) is 0 Å². The van der Waals surface area contributed by atoms with Gasteiger partial charge in [0.1, 0.15) is 5.92 Å². The van der Waals surface area contributed by atoms with Gasteiger partial charge in [0.05, 0.1) is 6.61 Å². The quantitative estimate of drug-likeness (QED) is 0.664. The van der Waals surface area contributed by atoms with Crippen LogP contribution in [-0.4, -0.2) is 27.5 Å². The highest BCUT2D eigenvalue weighted by Gasteiger charge is 2.28. The van der Waals surface area contributed by atoms with Gasteiger partial charge in [-0.2, -0.15) is 0 Å². The Morgan fingerprint density at radius 2 is 1.88 bits per heavy atom. The minimum absolute atomic E-state index is 0.434. The van der Waals surface area contributed by atoms with E-state index in [9.17, 15) is 9.36 Å². The van der Waals surface area contributed by atoms with Crippen molar-refractivity contribution >= 4 is 13.8 Å². The summed E-state index contributed by atoms with van der Waals surface area (Å²) in [6.07, 6.45) is 0. The standard InChI is InChI=1S/C9H11O6P/c10-6-8(7-4-2-1-3-5-7)9(11)15-16(12,13)14/h1-5,8,10H,6H2,(H2,12,13,14). The normalized spacial score (nSPS) is 13.2. The van der Waals surface area contributed by atoms with Gasteiger partial charge >= 0.3 is 13.8 Å². The number of benzene rings is 1. The molecule has 1 atom stereocenters. The molecule has 0 bridgehead atoms. The average molecular weight is 246 g/mol. The smallest absolute Gasteiger partial charge is 0.395 e. The van der Waals surface area contributed by atoms with Crippen LogP contribution in [0.25, 0.3) is 0 Å². The molecule has 0 radical (unpaired) electrons. The Kier molecular flexibility index (Phi) is 4.20. The number of carbonyl (C=O) groups is 1. The van der Waals surface area contributed by atoms with Crippen LogP contribution in [0.15, 0.2) is 30.3 Å². The van der Waals surface area contributed by atoms with Gasteiger partial charge in [-0.05, 0) is 5.56 Å². The molecule has 0 heterocycles. The molecule has 0 aromatic heterocycles. The molecule has 1 unspecified atom stereocenters. The van der Waals surface area contributed by atoms with Gasteiger partial charge in [-0.3, -0.25) is 14.6 Å². The zero-order valence-corrected chi connectivity index (χ0v) is 9.08. The molecule has 0 aliphatic heterocycles. The van der Waals surface area contributed by atoms with Crippen molar-refractivity contribution in [2.75, 3.05) is 6.61 Å². The van der Waals surface area contributed by atoms with Crippen molar-refractivity contribution in [2.45, 2.75) is 5.92 Å². The summed E-state index contributed by atoms with van der Waals surface area (Å²) in [7, 11) is -4.87. The highest BCUT2D eigenvalue weighted by atomic mass is 31.2. The lowest BCUT2D eigenvalue weighted by molar-refractivity contribution is -0.138. The Balaban J connectivity index is 2.84. The number of carbonyl (C=O) groups excluding carboxylic acids is 1. The van der Waals surface area contributed by atoms with Crippen molar-refractivity contribution in [3.63, 3.8) is 0 Å². The molecular formula is C9H11O6P. The molecule has 3 N–H and O–H groups in total. The summed E-state index contributed by atoms with van der Waals surface area (Å²) in [4.78, 5) is 28.2. The number of hydrogen-bond donors (Lipinski definition) is 3. The second-order valence-electron chi connectivity index (χ2n) is 3.05. The van der Waals surface area contributed by atoms with E-state index in [2.05, 4.69) is 4.52 Å². The number of rotatable bonds is 4. The summed E-state index contributed by atoms with van der Waals surface area (Å²) in [6.45, 7) is -0.581. The maximum atomic E-state index is 11.3. The molecule has 0 aliphatic carbocycles. The van der Waals surface area contributed by atoms with Crippen LogP contribution in [-0.2, 0) is 13.9 Å². The number of aliphatic hydroxyl groups is 1. The molecule has 0 saturated heterocycles. The fraction of sp³-hybridized carbons (Fsp3) is 0.222. The van der Waals surface area contributed by atoms with E-state index >= 15 is 0 Å². The van der Waals surface area contributed by atoms with Gasteiger partial charge in [0.2, 0.25) is 0 Å². The van der Waals surface area contributed by atoms with Crippen molar-refractivity contribution < 1.29 is 28.8 Å². The summed E-state index contributed by atoms with van der Waals surface area (Å²) in [5.41, 5.74) is 0.434. The Morgan fingerprint density at radius 1 is 1.31 bits per heavy atom. The van der Waals surface area contributed by atoms with Gasteiger partial charge in [0.25, 0.3) is 0 Å². The van der Waals surface area contributed by atoms with Crippen LogP contribution in [0.1, 0.15) is 11.5 Å². The van der Waals surface area contributed by atoms with Crippen molar-refractivity contribution in [1.29, 1.82) is 0 Å². The number of phosphoric acid groups is 1. The van der Waals surface area contributed by atoms with Gasteiger partial charge in [0.15, 0.2) is 0 Å². The van der Waals surface area contributed by atoms with E-state index in [-0.39, 0.29) is 0 Å². The molecular weight excluding hydrogens is 235 g/mol. The lowest BCUT2D eigenvalue weighted by Gasteiger charge is -2.13. The maximum Gasteiger partial charge on any atom is 0.527 e. The van der Waals surface area contributed by atoms with Gasteiger partial charge in [-0.1, -0.05) is 30.3 Å². The largest absolute Gasteiger partial charge is 0.527 e. The van der Waals surface area contributed by atoms with E-state index < -0.39 is 26.3 Å². The number of hydrogen-bond acceptors (Lipinski definition) is 4. The second-order valence-corrected chi connectivity index (χ2v) is 4.21. The molecule has 16 heavy (non-hydrogen) atoms. The molecule has 6 nitrogen and oxygen atoms in total. The molecule has 0 amide bonds. The zero-order chi connectivity index (χ0) is 12.2. The minimum atomic E-state index is -4.87. The summed E-state index contributed by atoms with van der Waals surface area (Å²) in [6, 6.07) is 8.11. The fourth-order valence-corrected chi connectivity index (χ4v) is 1.54. The average Bonchev–Trinajstić information content (AvgIpc) is 2.17. The van der Waals surface area contributed by atoms with E-state index in [0.717, 1.165) is 0 Å². The van der Waals surface area contributed by atoms with Crippen LogP contribution in [0, 0.1) is 0 Å². The van der Waals surface area contributed by atoms with Crippen molar-refractivity contribution in [2.24, 2.45) is 0 Å².